The molecule has 0 spiro atoms. The minimum absolute atomic E-state index is 0.0228. The van der Waals surface area contributed by atoms with Crippen molar-refractivity contribution < 1.29 is 19.8 Å². The number of amides is 1. The van der Waals surface area contributed by atoms with Crippen molar-refractivity contribution in [3.8, 4) is 5.75 Å². The molecular formula is C14H9ClINO4. The Bertz CT molecular complexity index is 733. The number of hydrogen-bond donors (Lipinski definition) is 3. The fraction of sp³-hybridized carbons (Fsp3) is 0. The average Bonchev–Trinajstić information content (AvgIpc) is 2.43. The highest BCUT2D eigenvalue weighted by atomic mass is 127. The van der Waals surface area contributed by atoms with Crippen LogP contribution in [0.3, 0.4) is 0 Å². The highest BCUT2D eigenvalue weighted by Gasteiger charge is 2.15. The third-order valence-corrected chi connectivity index (χ3v) is 4.27. The number of carboxylic acids is 1. The molecule has 0 aromatic heterocycles. The molecule has 108 valence electrons. The first kappa shape index (κ1) is 15.6. The highest BCUT2D eigenvalue weighted by Crippen LogP contribution is 2.28. The van der Waals surface area contributed by atoms with Crippen LogP contribution in [-0.4, -0.2) is 22.1 Å². The Kier molecular flexibility index (Phi) is 4.69. The van der Waals surface area contributed by atoms with Crippen molar-refractivity contribution in [3.63, 3.8) is 0 Å². The normalized spacial score (nSPS) is 10.2. The fourth-order valence-corrected chi connectivity index (χ4v) is 2.16. The number of carbonyl (C=O) groups is 2. The molecule has 21 heavy (non-hydrogen) atoms. The zero-order valence-corrected chi connectivity index (χ0v) is 13.3. The minimum Gasteiger partial charge on any atom is -0.505 e. The van der Waals surface area contributed by atoms with Crippen molar-refractivity contribution in [1.82, 2.24) is 0 Å². The van der Waals surface area contributed by atoms with Crippen molar-refractivity contribution in [2.75, 3.05) is 5.32 Å². The maximum atomic E-state index is 12.1. The van der Waals surface area contributed by atoms with E-state index in [4.69, 9.17) is 16.7 Å². The van der Waals surface area contributed by atoms with E-state index in [1.54, 1.807) is 12.1 Å². The van der Waals surface area contributed by atoms with Gasteiger partial charge in [0.15, 0.2) is 5.75 Å². The zero-order valence-electron chi connectivity index (χ0n) is 10.4. The zero-order chi connectivity index (χ0) is 15.6. The van der Waals surface area contributed by atoms with Gasteiger partial charge in [0, 0.05) is 9.13 Å². The summed E-state index contributed by atoms with van der Waals surface area (Å²) < 4.78 is 0.807. The fourth-order valence-electron chi connectivity index (χ4n) is 1.65. The van der Waals surface area contributed by atoms with Gasteiger partial charge >= 0.3 is 5.97 Å². The highest BCUT2D eigenvalue weighted by molar-refractivity contribution is 14.1. The van der Waals surface area contributed by atoms with E-state index >= 15 is 0 Å². The van der Waals surface area contributed by atoms with Crippen LogP contribution in [0.1, 0.15) is 20.7 Å². The summed E-state index contributed by atoms with van der Waals surface area (Å²) in [7, 11) is 0. The number of rotatable bonds is 3. The van der Waals surface area contributed by atoms with Crippen LogP contribution in [0, 0.1) is 3.57 Å². The number of halogens is 2. The number of phenols is 1. The van der Waals surface area contributed by atoms with Gasteiger partial charge < -0.3 is 15.5 Å². The number of aromatic hydroxyl groups is 1. The Hall–Kier alpha value is -1.80. The first-order valence-electron chi connectivity index (χ1n) is 5.72. The number of carbonyl (C=O) groups excluding carboxylic acids is 1. The van der Waals surface area contributed by atoms with Gasteiger partial charge in [-0.15, -0.1) is 0 Å². The second-order valence-corrected chi connectivity index (χ2v) is 5.66. The van der Waals surface area contributed by atoms with Gasteiger partial charge in [0.05, 0.1) is 10.7 Å². The van der Waals surface area contributed by atoms with Crippen molar-refractivity contribution >= 4 is 51.8 Å². The third kappa shape index (κ3) is 3.45. The molecule has 3 N–H and O–H groups in total. The summed E-state index contributed by atoms with van der Waals surface area (Å²) in [6.45, 7) is 0. The molecule has 1 amide bonds. The molecule has 0 radical (unpaired) electrons. The predicted octanol–water partition coefficient (Wildman–Crippen LogP) is 3.60. The molecule has 0 aliphatic rings. The molecule has 2 aromatic rings. The number of nitrogens with one attached hydrogen (secondary N) is 1. The van der Waals surface area contributed by atoms with Crippen LogP contribution >= 0.6 is 34.2 Å². The summed E-state index contributed by atoms with van der Waals surface area (Å²) in [4.78, 5) is 23.0. The number of anilines is 1. The summed E-state index contributed by atoms with van der Waals surface area (Å²) in [5.41, 5.74) is 0.0450. The molecule has 0 fully saturated rings. The van der Waals surface area contributed by atoms with Gasteiger partial charge in [-0.25, -0.2) is 4.79 Å². The van der Waals surface area contributed by atoms with Gasteiger partial charge in [-0.2, -0.15) is 0 Å². The lowest BCUT2D eigenvalue weighted by molar-refractivity contribution is 0.0693. The summed E-state index contributed by atoms with van der Waals surface area (Å²) in [5, 5.41) is 21.6. The Labute approximate surface area is 138 Å². The van der Waals surface area contributed by atoms with Gasteiger partial charge in [-0.3, -0.25) is 4.79 Å². The molecule has 0 atom stereocenters. The van der Waals surface area contributed by atoms with Crippen molar-refractivity contribution in [2.45, 2.75) is 0 Å². The molecule has 2 rings (SSSR count). The van der Waals surface area contributed by atoms with Crippen LogP contribution in [0.2, 0.25) is 5.02 Å². The molecule has 5 nitrogen and oxygen atoms in total. The average molecular weight is 418 g/mol. The van der Waals surface area contributed by atoms with Gasteiger partial charge in [0.2, 0.25) is 0 Å². The third-order valence-electron chi connectivity index (χ3n) is 2.70. The molecule has 0 heterocycles. The lowest BCUT2D eigenvalue weighted by Crippen LogP contribution is -2.13. The Morgan fingerprint density at radius 3 is 2.52 bits per heavy atom. The molecule has 0 saturated heterocycles. The summed E-state index contributed by atoms with van der Waals surface area (Å²) >= 11 is 7.98. The van der Waals surface area contributed by atoms with Gasteiger partial charge in [-0.1, -0.05) is 17.7 Å². The topological polar surface area (TPSA) is 86.6 Å². The molecule has 0 aliphatic carbocycles. The first-order chi connectivity index (χ1) is 9.90. The van der Waals surface area contributed by atoms with Crippen LogP contribution in [-0.2, 0) is 0 Å². The molecule has 0 saturated carbocycles. The van der Waals surface area contributed by atoms with Crippen LogP contribution in [0.25, 0.3) is 0 Å². The maximum absolute atomic E-state index is 12.1. The number of benzene rings is 2. The second kappa shape index (κ2) is 6.31. The summed E-state index contributed by atoms with van der Waals surface area (Å²) in [5.74, 6) is -2.26. The van der Waals surface area contributed by atoms with Crippen LogP contribution in [0.5, 0.6) is 5.75 Å². The Morgan fingerprint density at radius 2 is 1.90 bits per heavy atom. The molecule has 2 aromatic carbocycles. The van der Waals surface area contributed by atoms with Crippen molar-refractivity contribution in [1.29, 1.82) is 0 Å². The number of para-hydroxylation sites is 1. The van der Waals surface area contributed by atoms with Crippen molar-refractivity contribution in [3.05, 3.63) is 56.1 Å². The van der Waals surface area contributed by atoms with E-state index in [-0.39, 0.29) is 11.3 Å². The minimum atomic E-state index is -1.28. The number of aromatic carboxylic acids is 1. The molecule has 0 bridgehead atoms. The van der Waals surface area contributed by atoms with E-state index in [0.717, 1.165) is 3.57 Å². The van der Waals surface area contributed by atoms with E-state index in [9.17, 15) is 14.7 Å². The van der Waals surface area contributed by atoms with Gasteiger partial charge in [-0.05, 0) is 52.9 Å². The number of carboxylic acid groups (broad SMARTS) is 1. The van der Waals surface area contributed by atoms with Gasteiger partial charge in [0.25, 0.3) is 5.91 Å². The van der Waals surface area contributed by atoms with E-state index in [2.05, 4.69) is 5.32 Å². The smallest absolute Gasteiger partial charge is 0.339 e. The number of hydrogen-bond acceptors (Lipinski definition) is 3. The van der Waals surface area contributed by atoms with E-state index in [1.165, 1.54) is 24.3 Å². The second-order valence-electron chi connectivity index (χ2n) is 4.09. The summed E-state index contributed by atoms with van der Waals surface area (Å²) in [6, 6.07) is 8.85. The monoisotopic (exact) mass is 417 g/mol. The standard InChI is InChI=1S/C14H9ClINO4/c15-9-6-7(4-5-10(9)16)13(19)17-11-3-1-2-8(12(11)18)14(20)21/h1-6,18H,(H,17,19)(H,20,21). The molecule has 0 aliphatic heterocycles. The molecule has 7 heteroatoms. The Morgan fingerprint density at radius 1 is 1.19 bits per heavy atom. The SMILES string of the molecule is O=C(Nc1cccc(C(=O)O)c1O)c1ccc(I)c(Cl)c1. The largest absolute Gasteiger partial charge is 0.505 e. The quantitative estimate of drug-likeness (QED) is 0.526. The van der Waals surface area contributed by atoms with Crippen LogP contribution in [0.15, 0.2) is 36.4 Å². The Balaban J connectivity index is 2.29. The van der Waals surface area contributed by atoms with Crippen LogP contribution < -0.4 is 5.32 Å². The van der Waals surface area contributed by atoms with E-state index in [0.29, 0.717) is 10.6 Å². The molecule has 0 unspecified atom stereocenters. The summed E-state index contributed by atoms with van der Waals surface area (Å²) in [6.07, 6.45) is 0. The van der Waals surface area contributed by atoms with E-state index < -0.39 is 17.6 Å². The van der Waals surface area contributed by atoms with Gasteiger partial charge in [0.1, 0.15) is 5.56 Å². The lowest BCUT2D eigenvalue weighted by Gasteiger charge is -2.09. The maximum Gasteiger partial charge on any atom is 0.339 e. The van der Waals surface area contributed by atoms with Crippen LogP contribution in [0.4, 0.5) is 5.69 Å². The van der Waals surface area contributed by atoms with Crippen molar-refractivity contribution in [2.24, 2.45) is 0 Å². The lowest BCUT2D eigenvalue weighted by atomic mass is 10.1. The van der Waals surface area contributed by atoms with E-state index in [1.807, 2.05) is 22.6 Å². The molecular weight excluding hydrogens is 409 g/mol. The predicted molar refractivity (Wildman–Crippen MR) is 87.2 cm³/mol. The first-order valence-corrected chi connectivity index (χ1v) is 7.17.